The molecule has 2 atom stereocenters. The van der Waals surface area contributed by atoms with Crippen LogP contribution in [0.15, 0.2) is 72.8 Å². The predicted molar refractivity (Wildman–Crippen MR) is 165 cm³/mol. The molecule has 5 heteroatoms. The van der Waals surface area contributed by atoms with Gasteiger partial charge in [-0.3, -0.25) is 0 Å². The molecule has 4 aromatic carbocycles. The Hall–Kier alpha value is -2.44. The number of rotatable bonds is 10. The van der Waals surface area contributed by atoms with E-state index in [4.69, 9.17) is 4.74 Å². The van der Waals surface area contributed by atoms with Crippen LogP contribution in [0.3, 0.4) is 0 Å². The molecule has 0 radical (unpaired) electrons. The Morgan fingerprint density at radius 1 is 0.684 bits per heavy atom. The second kappa shape index (κ2) is 13.1. The van der Waals surface area contributed by atoms with Crippen molar-refractivity contribution in [2.75, 3.05) is 13.2 Å². The normalized spacial score (nSPS) is 11.4. The van der Waals surface area contributed by atoms with E-state index < -0.39 is 0 Å². The Labute approximate surface area is 230 Å². The van der Waals surface area contributed by atoms with E-state index in [9.17, 15) is 0 Å². The number of aryl methyl sites for hydroxylation is 1. The number of ether oxygens (including phenoxy) is 1. The lowest BCUT2D eigenvalue weighted by atomic mass is 9.96. The van der Waals surface area contributed by atoms with Crippen LogP contribution in [-0.2, 0) is 11.2 Å². The van der Waals surface area contributed by atoms with E-state index in [-0.39, 0.29) is 11.6 Å². The summed E-state index contributed by atoms with van der Waals surface area (Å²) in [5, 5.41) is 1.95. The van der Waals surface area contributed by atoms with Crippen molar-refractivity contribution < 1.29 is 13.5 Å². The Morgan fingerprint density at radius 3 is 1.95 bits per heavy atom. The first-order valence-corrected chi connectivity index (χ1v) is 14.4. The van der Waals surface area contributed by atoms with Crippen LogP contribution in [-0.4, -0.2) is 13.2 Å². The summed E-state index contributed by atoms with van der Waals surface area (Å²) < 4.78 is 36.4. The van der Waals surface area contributed by atoms with Gasteiger partial charge in [0.1, 0.15) is 11.6 Å². The summed E-state index contributed by atoms with van der Waals surface area (Å²) in [6.45, 7) is 7.87. The summed E-state index contributed by atoms with van der Waals surface area (Å²) in [6, 6.07) is 22.1. The molecule has 1 nitrogen and oxygen atoms in total. The maximum absolute atomic E-state index is 15.4. The van der Waals surface area contributed by atoms with Gasteiger partial charge in [0, 0.05) is 17.7 Å². The van der Waals surface area contributed by atoms with Crippen LogP contribution in [0.1, 0.15) is 37.8 Å². The molecule has 198 valence electrons. The van der Waals surface area contributed by atoms with Crippen molar-refractivity contribution >= 4 is 29.1 Å². The first-order valence-electron chi connectivity index (χ1n) is 13.2. The lowest BCUT2D eigenvalue weighted by molar-refractivity contribution is 0.0990. The van der Waals surface area contributed by atoms with Gasteiger partial charge < -0.3 is 4.74 Å². The molecule has 0 spiro atoms. The highest BCUT2D eigenvalue weighted by Crippen LogP contribution is 2.32. The quantitative estimate of drug-likeness (QED) is 0.143. The fourth-order valence-electron chi connectivity index (χ4n) is 4.66. The number of hydrogen-bond donors (Lipinski definition) is 0. The zero-order valence-corrected chi connectivity index (χ0v) is 24.7. The summed E-state index contributed by atoms with van der Waals surface area (Å²) in [4.78, 5) is 0. The van der Waals surface area contributed by atoms with Gasteiger partial charge in [-0.05, 0) is 75.9 Å². The van der Waals surface area contributed by atoms with Gasteiger partial charge in [0.2, 0.25) is 0 Å². The lowest BCUT2D eigenvalue weighted by Gasteiger charge is -2.15. The zero-order valence-electron chi connectivity index (χ0n) is 22.4. The number of benzene rings is 4. The van der Waals surface area contributed by atoms with Crippen molar-refractivity contribution in [2.24, 2.45) is 5.92 Å². The maximum atomic E-state index is 15.4. The second-order valence-corrected chi connectivity index (χ2v) is 11.1. The zero-order chi connectivity index (χ0) is 27.2. The van der Waals surface area contributed by atoms with Crippen LogP contribution in [0.5, 0.6) is 0 Å². The molecule has 0 heterocycles. The van der Waals surface area contributed by atoms with Crippen molar-refractivity contribution in [3.8, 4) is 33.4 Å². The van der Waals surface area contributed by atoms with E-state index in [1.165, 1.54) is 17.7 Å². The Morgan fingerprint density at radius 2 is 1.29 bits per heavy atom. The van der Waals surface area contributed by atoms with Gasteiger partial charge in [-0.1, -0.05) is 86.8 Å². The van der Waals surface area contributed by atoms with Crippen molar-refractivity contribution in [2.45, 2.75) is 40.0 Å². The van der Waals surface area contributed by atoms with Crippen molar-refractivity contribution in [3.05, 3.63) is 95.6 Å². The molecule has 0 aliphatic rings. The highest BCUT2D eigenvalue weighted by Gasteiger charge is 2.15. The van der Waals surface area contributed by atoms with Gasteiger partial charge in [-0.25, -0.2) is 8.78 Å². The minimum atomic E-state index is -0.376. The average Bonchev–Trinajstić information content (AvgIpc) is 2.91. The summed E-state index contributed by atoms with van der Waals surface area (Å²) in [7, 11) is 5.50. The standard InChI is InChI=1S/C33H36F2OP2/c1-4-22(5-2)20-36-15-14-26-18-33(38)29(19-32(26)37)28-13-11-25(17-31(28)35)27-12-10-24(16-30(27)34)23-8-6-21(3)7-9-23/h6-13,16-19,22H,4-5,14-15,20,37-38H2,1-3H3. The fourth-order valence-corrected chi connectivity index (χ4v) is 5.50. The van der Waals surface area contributed by atoms with E-state index in [0.717, 1.165) is 58.7 Å². The van der Waals surface area contributed by atoms with Crippen molar-refractivity contribution in [3.63, 3.8) is 0 Å². The van der Waals surface area contributed by atoms with Gasteiger partial charge in [-0.15, -0.1) is 18.5 Å². The van der Waals surface area contributed by atoms with E-state index in [1.54, 1.807) is 18.2 Å². The Balaban J connectivity index is 1.52. The van der Waals surface area contributed by atoms with Gasteiger partial charge >= 0.3 is 0 Å². The van der Waals surface area contributed by atoms with Gasteiger partial charge in [0.15, 0.2) is 0 Å². The SMILES string of the molecule is CCC(CC)COCCc1cc(P)c(-c2ccc(-c3ccc(-c4ccc(C)cc4)cc3F)cc2F)cc1P. The smallest absolute Gasteiger partial charge is 0.131 e. The summed E-state index contributed by atoms with van der Waals surface area (Å²) in [5.41, 5.74) is 6.27. The molecule has 2 unspecified atom stereocenters. The number of hydrogen-bond acceptors (Lipinski definition) is 1. The molecule has 0 aromatic heterocycles. The molecule has 0 saturated carbocycles. The highest BCUT2D eigenvalue weighted by molar-refractivity contribution is 7.29. The average molecular weight is 549 g/mol. The highest BCUT2D eigenvalue weighted by atomic mass is 31.0. The van der Waals surface area contributed by atoms with E-state index in [2.05, 4.69) is 38.4 Å². The van der Waals surface area contributed by atoms with Crippen LogP contribution in [0.25, 0.3) is 33.4 Å². The van der Waals surface area contributed by atoms with Crippen LogP contribution < -0.4 is 10.6 Å². The molecule has 0 amide bonds. The van der Waals surface area contributed by atoms with Crippen LogP contribution in [0.4, 0.5) is 8.78 Å². The monoisotopic (exact) mass is 548 g/mol. The van der Waals surface area contributed by atoms with E-state index in [0.29, 0.717) is 29.2 Å². The minimum absolute atomic E-state index is 0.370. The van der Waals surface area contributed by atoms with Gasteiger partial charge in [0.05, 0.1) is 6.61 Å². The molecule has 0 N–H and O–H groups in total. The Kier molecular flexibility index (Phi) is 9.83. The molecular weight excluding hydrogens is 512 g/mol. The molecule has 0 bridgehead atoms. The molecule has 0 fully saturated rings. The molecular formula is C33H36F2OP2. The molecule has 0 aliphatic heterocycles. The van der Waals surface area contributed by atoms with Crippen LogP contribution >= 0.6 is 18.5 Å². The lowest BCUT2D eigenvalue weighted by Crippen LogP contribution is -2.14. The van der Waals surface area contributed by atoms with Gasteiger partial charge in [0.25, 0.3) is 0 Å². The van der Waals surface area contributed by atoms with Gasteiger partial charge in [-0.2, -0.15) is 0 Å². The maximum Gasteiger partial charge on any atom is 0.131 e. The van der Waals surface area contributed by atoms with Crippen LogP contribution in [0.2, 0.25) is 0 Å². The summed E-state index contributed by atoms with van der Waals surface area (Å²) in [6.07, 6.45) is 3.07. The predicted octanol–water partition coefficient (Wildman–Crippen LogP) is 8.27. The topological polar surface area (TPSA) is 9.23 Å². The first-order chi connectivity index (χ1) is 18.3. The second-order valence-electron chi connectivity index (χ2n) is 9.90. The fraction of sp³-hybridized carbons (Fsp3) is 0.273. The number of halogens is 2. The van der Waals surface area contributed by atoms with Crippen LogP contribution in [0, 0.1) is 24.5 Å². The molecule has 38 heavy (non-hydrogen) atoms. The van der Waals surface area contributed by atoms with E-state index >= 15 is 8.78 Å². The minimum Gasteiger partial charge on any atom is -0.381 e. The molecule has 0 saturated heterocycles. The third kappa shape index (κ3) is 6.76. The molecule has 4 aromatic rings. The third-order valence-electron chi connectivity index (χ3n) is 7.26. The molecule has 0 aliphatic carbocycles. The van der Waals surface area contributed by atoms with Crippen molar-refractivity contribution in [1.82, 2.24) is 0 Å². The third-order valence-corrected chi connectivity index (χ3v) is 8.27. The Bertz CT molecular complexity index is 1400. The van der Waals surface area contributed by atoms with Crippen molar-refractivity contribution in [1.29, 1.82) is 0 Å². The summed E-state index contributed by atoms with van der Waals surface area (Å²) in [5.74, 6) is -0.139. The van der Waals surface area contributed by atoms with E-state index in [1.807, 2.05) is 43.3 Å². The first kappa shape index (κ1) is 28.6. The molecule has 4 rings (SSSR count). The summed E-state index contributed by atoms with van der Waals surface area (Å²) >= 11 is 0. The largest absolute Gasteiger partial charge is 0.381 e.